The lowest BCUT2D eigenvalue weighted by Gasteiger charge is -2.38. The van der Waals surface area contributed by atoms with Crippen molar-refractivity contribution in [2.75, 3.05) is 5.32 Å². The molecule has 2 unspecified atom stereocenters. The highest BCUT2D eigenvalue weighted by molar-refractivity contribution is 5.76. The second-order valence-electron chi connectivity index (χ2n) is 5.81. The van der Waals surface area contributed by atoms with Crippen LogP contribution in [0, 0.1) is 5.41 Å². The lowest BCUT2D eigenvalue weighted by molar-refractivity contribution is -0.150. The van der Waals surface area contributed by atoms with E-state index >= 15 is 0 Å². The average Bonchev–Trinajstić information content (AvgIpc) is 2.42. The zero-order valence-corrected chi connectivity index (χ0v) is 12.2. The van der Waals surface area contributed by atoms with Crippen molar-refractivity contribution in [3.05, 3.63) is 18.1 Å². The summed E-state index contributed by atoms with van der Waals surface area (Å²) in [6.45, 7) is 3.94. The molecule has 0 bridgehead atoms. The zero-order chi connectivity index (χ0) is 14.6. The van der Waals surface area contributed by atoms with Crippen LogP contribution in [0.15, 0.2) is 12.4 Å². The van der Waals surface area contributed by atoms with Crippen molar-refractivity contribution in [3.63, 3.8) is 0 Å². The van der Waals surface area contributed by atoms with Crippen molar-refractivity contribution >= 4 is 11.8 Å². The summed E-state index contributed by atoms with van der Waals surface area (Å²) in [5, 5.41) is 12.8. The standard InChI is InChI=1S/C15H23N3O2/c1-3-6-11-9-13(17-10-16-11)18-12-7-4-5-8-15(12,2)14(19)20/h9-10,12H,3-8H2,1-2H3,(H,19,20)(H,16,17,18). The first kappa shape index (κ1) is 14.8. The predicted molar refractivity (Wildman–Crippen MR) is 77.6 cm³/mol. The summed E-state index contributed by atoms with van der Waals surface area (Å²) in [6.07, 6.45) is 7.13. The maximum atomic E-state index is 11.6. The van der Waals surface area contributed by atoms with Gasteiger partial charge in [0.2, 0.25) is 0 Å². The third-order valence-electron chi connectivity index (χ3n) is 4.25. The number of anilines is 1. The van der Waals surface area contributed by atoms with E-state index in [4.69, 9.17) is 0 Å². The zero-order valence-electron chi connectivity index (χ0n) is 12.2. The third-order valence-corrected chi connectivity index (χ3v) is 4.25. The highest BCUT2D eigenvalue weighted by atomic mass is 16.4. The van der Waals surface area contributed by atoms with E-state index < -0.39 is 11.4 Å². The summed E-state index contributed by atoms with van der Waals surface area (Å²) in [4.78, 5) is 20.0. The fourth-order valence-corrected chi connectivity index (χ4v) is 2.87. The minimum atomic E-state index is -0.725. The van der Waals surface area contributed by atoms with Crippen molar-refractivity contribution < 1.29 is 9.90 Å². The van der Waals surface area contributed by atoms with Gasteiger partial charge in [0, 0.05) is 17.8 Å². The number of aliphatic carboxylic acids is 1. The maximum absolute atomic E-state index is 11.6. The predicted octanol–water partition coefficient (Wildman–Crippen LogP) is 2.87. The molecule has 110 valence electrons. The SMILES string of the molecule is CCCc1cc(NC2CCCCC2(C)C(=O)O)ncn1. The van der Waals surface area contributed by atoms with E-state index in [1.807, 2.05) is 13.0 Å². The molecule has 5 heteroatoms. The number of carboxylic acid groups (broad SMARTS) is 1. The van der Waals surface area contributed by atoms with Gasteiger partial charge in [-0.25, -0.2) is 9.97 Å². The maximum Gasteiger partial charge on any atom is 0.311 e. The molecule has 0 radical (unpaired) electrons. The number of aryl methyl sites for hydroxylation is 1. The second-order valence-corrected chi connectivity index (χ2v) is 5.81. The molecule has 1 aromatic rings. The molecule has 20 heavy (non-hydrogen) atoms. The van der Waals surface area contributed by atoms with Crippen LogP contribution >= 0.6 is 0 Å². The lowest BCUT2D eigenvalue weighted by atomic mass is 9.71. The number of aromatic nitrogens is 2. The van der Waals surface area contributed by atoms with Gasteiger partial charge < -0.3 is 10.4 Å². The molecule has 1 aromatic heterocycles. The molecule has 0 spiro atoms. The van der Waals surface area contributed by atoms with Crippen LogP contribution in [0.1, 0.15) is 51.6 Å². The number of nitrogens with zero attached hydrogens (tertiary/aromatic N) is 2. The van der Waals surface area contributed by atoms with Crippen LogP contribution in [-0.2, 0) is 11.2 Å². The monoisotopic (exact) mass is 277 g/mol. The second kappa shape index (κ2) is 6.20. The summed E-state index contributed by atoms with van der Waals surface area (Å²) >= 11 is 0. The number of rotatable bonds is 5. The largest absolute Gasteiger partial charge is 0.481 e. The molecule has 1 fully saturated rings. The van der Waals surface area contributed by atoms with E-state index in [9.17, 15) is 9.90 Å². The first-order valence-electron chi connectivity index (χ1n) is 7.37. The minimum absolute atomic E-state index is 0.0712. The summed E-state index contributed by atoms with van der Waals surface area (Å²) < 4.78 is 0. The van der Waals surface area contributed by atoms with Crippen LogP contribution in [0.25, 0.3) is 0 Å². The molecule has 1 aliphatic carbocycles. The van der Waals surface area contributed by atoms with Crippen LogP contribution in [0.5, 0.6) is 0 Å². The summed E-state index contributed by atoms with van der Waals surface area (Å²) in [6, 6.07) is 1.86. The van der Waals surface area contributed by atoms with E-state index in [2.05, 4.69) is 22.2 Å². The molecule has 1 heterocycles. The summed E-state index contributed by atoms with van der Waals surface area (Å²) in [7, 11) is 0. The van der Waals surface area contributed by atoms with E-state index in [0.29, 0.717) is 6.42 Å². The van der Waals surface area contributed by atoms with Gasteiger partial charge in [-0.3, -0.25) is 4.79 Å². The Balaban J connectivity index is 2.14. The van der Waals surface area contributed by atoms with Gasteiger partial charge in [0.1, 0.15) is 12.1 Å². The van der Waals surface area contributed by atoms with Crippen LogP contribution < -0.4 is 5.32 Å². The molecule has 2 atom stereocenters. The van der Waals surface area contributed by atoms with Gasteiger partial charge in [-0.1, -0.05) is 26.2 Å². The first-order valence-corrected chi connectivity index (χ1v) is 7.37. The average molecular weight is 277 g/mol. The van der Waals surface area contributed by atoms with Crippen LogP contribution in [0.2, 0.25) is 0 Å². The Bertz CT molecular complexity index is 478. The van der Waals surface area contributed by atoms with Crippen LogP contribution in [0.3, 0.4) is 0 Å². The highest BCUT2D eigenvalue weighted by Crippen LogP contribution is 2.37. The van der Waals surface area contributed by atoms with Crippen molar-refractivity contribution in [2.24, 2.45) is 5.41 Å². The molecule has 1 saturated carbocycles. The number of hydrogen-bond acceptors (Lipinski definition) is 4. The van der Waals surface area contributed by atoms with E-state index in [1.165, 1.54) is 0 Å². The number of carboxylic acids is 1. The molecular formula is C15H23N3O2. The number of nitrogens with one attached hydrogen (secondary N) is 1. The number of hydrogen-bond donors (Lipinski definition) is 2. The van der Waals surface area contributed by atoms with Gasteiger partial charge in [-0.2, -0.15) is 0 Å². The van der Waals surface area contributed by atoms with Crippen molar-refractivity contribution in [3.8, 4) is 0 Å². The molecule has 2 rings (SSSR count). The molecule has 2 N–H and O–H groups in total. The molecule has 0 amide bonds. The van der Waals surface area contributed by atoms with Gasteiger partial charge in [0.25, 0.3) is 0 Å². The molecule has 0 aromatic carbocycles. The summed E-state index contributed by atoms with van der Waals surface area (Å²) in [5.74, 6) is 0.0142. The first-order chi connectivity index (χ1) is 9.56. The van der Waals surface area contributed by atoms with Crippen LogP contribution in [-0.4, -0.2) is 27.1 Å². The van der Waals surface area contributed by atoms with Gasteiger partial charge in [-0.05, 0) is 26.2 Å². The fourth-order valence-electron chi connectivity index (χ4n) is 2.87. The Morgan fingerprint density at radius 1 is 1.50 bits per heavy atom. The molecule has 1 aliphatic rings. The Morgan fingerprint density at radius 3 is 3.00 bits per heavy atom. The fraction of sp³-hybridized carbons (Fsp3) is 0.667. The van der Waals surface area contributed by atoms with E-state index in [0.717, 1.165) is 43.6 Å². The molecular weight excluding hydrogens is 254 g/mol. The van der Waals surface area contributed by atoms with Crippen molar-refractivity contribution in [1.82, 2.24) is 9.97 Å². The molecule has 0 saturated heterocycles. The minimum Gasteiger partial charge on any atom is -0.481 e. The van der Waals surface area contributed by atoms with Gasteiger partial charge in [0.15, 0.2) is 0 Å². The van der Waals surface area contributed by atoms with Crippen molar-refractivity contribution in [2.45, 2.75) is 58.4 Å². The van der Waals surface area contributed by atoms with Gasteiger partial charge in [-0.15, -0.1) is 0 Å². The molecule has 5 nitrogen and oxygen atoms in total. The quantitative estimate of drug-likeness (QED) is 0.865. The van der Waals surface area contributed by atoms with Crippen LogP contribution in [0.4, 0.5) is 5.82 Å². The Hall–Kier alpha value is -1.65. The topological polar surface area (TPSA) is 75.1 Å². The van der Waals surface area contributed by atoms with E-state index in [1.54, 1.807) is 6.33 Å². The highest BCUT2D eigenvalue weighted by Gasteiger charge is 2.43. The normalized spacial score (nSPS) is 26.2. The molecule has 0 aliphatic heterocycles. The van der Waals surface area contributed by atoms with Gasteiger partial charge >= 0.3 is 5.97 Å². The Labute approximate surface area is 119 Å². The smallest absolute Gasteiger partial charge is 0.311 e. The summed E-state index contributed by atoms with van der Waals surface area (Å²) in [5.41, 5.74) is 0.284. The van der Waals surface area contributed by atoms with Crippen molar-refractivity contribution in [1.29, 1.82) is 0 Å². The van der Waals surface area contributed by atoms with E-state index in [-0.39, 0.29) is 6.04 Å². The van der Waals surface area contributed by atoms with Gasteiger partial charge in [0.05, 0.1) is 5.41 Å². The Morgan fingerprint density at radius 2 is 2.30 bits per heavy atom. The Kier molecular flexibility index (Phi) is 4.57. The number of carbonyl (C=O) groups is 1. The lowest BCUT2D eigenvalue weighted by Crippen LogP contribution is -2.46. The third kappa shape index (κ3) is 3.08.